The fourth-order valence-electron chi connectivity index (χ4n) is 3.51. The van der Waals surface area contributed by atoms with E-state index in [4.69, 9.17) is 0 Å². The summed E-state index contributed by atoms with van der Waals surface area (Å²) in [4.78, 5) is 19.6. The molecule has 5 nitrogen and oxygen atoms in total. The number of aromatic nitrogens is 3. The van der Waals surface area contributed by atoms with Crippen LogP contribution in [0.5, 0.6) is 0 Å². The first kappa shape index (κ1) is 15.3. The maximum atomic E-state index is 13.0. The Morgan fingerprint density at radius 2 is 2.12 bits per heavy atom. The number of H-pyrrole nitrogens is 1. The van der Waals surface area contributed by atoms with Crippen LogP contribution in [0.2, 0.25) is 0 Å². The number of thiophene rings is 1. The van der Waals surface area contributed by atoms with Gasteiger partial charge < -0.3 is 4.90 Å². The highest BCUT2D eigenvalue weighted by Crippen LogP contribution is 2.31. The summed E-state index contributed by atoms with van der Waals surface area (Å²) in [5.41, 5.74) is 5.71. The lowest BCUT2D eigenvalue weighted by atomic mass is 10.0. The van der Waals surface area contributed by atoms with Crippen molar-refractivity contribution in [2.24, 2.45) is 0 Å². The van der Waals surface area contributed by atoms with Crippen molar-refractivity contribution in [3.05, 3.63) is 70.9 Å². The van der Waals surface area contributed by atoms with Gasteiger partial charge in [-0.25, -0.2) is 0 Å². The van der Waals surface area contributed by atoms with Crippen LogP contribution in [0, 0.1) is 0 Å². The summed E-state index contributed by atoms with van der Waals surface area (Å²) in [5.74, 6) is 0.0850. The number of hydrogen-bond acceptors (Lipinski definition) is 4. The van der Waals surface area contributed by atoms with Crippen LogP contribution in [0.15, 0.2) is 54.0 Å². The van der Waals surface area contributed by atoms with Crippen LogP contribution in [0.3, 0.4) is 0 Å². The molecule has 0 atom stereocenters. The molecule has 1 N–H and O–H groups in total. The minimum atomic E-state index is 0.0850. The molecule has 0 saturated heterocycles. The van der Waals surface area contributed by atoms with Crippen molar-refractivity contribution in [3.8, 4) is 11.3 Å². The van der Waals surface area contributed by atoms with Gasteiger partial charge in [-0.2, -0.15) is 5.10 Å². The number of hydrogen-bond donors (Lipinski definition) is 1. The molecule has 0 radical (unpaired) electrons. The molecular formula is C20H16N4OS. The van der Waals surface area contributed by atoms with Gasteiger partial charge >= 0.3 is 0 Å². The molecule has 0 fully saturated rings. The van der Waals surface area contributed by atoms with Crippen LogP contribution in [-0.4, -0.2) is 32.5 Å². The van der Waals surface area contributed by atoms with E-state index in [0.29, 0.717) is 13.1 Å². The van der Waals surface area contributed by atoms with E-state index in [-0.39, 0.29) is 5.91 Å². The highest BCUT2D eigenvalue weighted by molar-refractivity contribution is 7.17. The third kappa shape index (κ3) is 2.50. The zero-order valence-electron chi connectivity index (χ0n) is 14.0. The maximum Gasteiger partial charge on any atom is 0.255 e. The number of amides is 1. The average molecular weight is 360 g/mol. The molecule has 0 saturated carbocycles. The molecule has 1 amide bonds. The van der Waals surface area contributed by atoms with Crippen LogP contribution in [0.25, 0.3) is 21.5 Å². The molecule has 0 aliphatic carbocycles. The summed E-state index contributed by atoms with van der Waals surface area (Å²) >= 11 is 1.70. The van der Waals surface area contributed by atoms with E-state index in [1.54, 1.807) is 17.5 Å². The van der Waals surface area contributed by atoms with Crippen LogP contribution in [0.4, 0.5) is 0 Å². The van der Waals surface area contributed by atoms with E-state index in [9.17, 15) is 4.79 Å². The molecule has 26 heavy (non-hydrogen) atoms. The van der Waals surface area contributed by atoms with E-state index in [2.05, 4.69) is 32.7 Å². The quantitative estimate of drug-likeness (QED) is 0.601. The van der Waals surface area contributed by atoms with Crippen molar-refractivity contribution in [2.45, 2.75) is 13.0 Å². The second kappa shape index (κ2) is 6.07. The Labute approximate surface area is 154 Å². The fraction of sp³-hybridized carbons (Fsp3) is 0.150. The van der Waals surface area contributed by atoms with E-state index in [0.717, 1.165) is 40.0 Å². The molecule has 1 aliphatic heterocycles. The van der Waals surface area contributed by atoms with E-state index in [1.807, 2.05) is 35.2 Å². The first-order valence-electron chi connectivity index (χ1n) is 8.53. The van der Waals surface area contributed by atoms with Crippen LogP contribution in [0.1, 0.15) is 21.6 Å². The van der Waals surface area contributed by atoms with Gasteiger partial charge in [-0.05, 0) is 35.2 Å². The number of aromatic amines is 1. The molecule has 4 heterocycles. The van der Waals surface area contributed by atoms with Gasteiger partial charge in [0.2, 0.25) is 0 Å². The van der Waals surface area contributed by atoms with Crippen LogP contribution >= 0.6 is 11.3 Å². The third-order valence-corrected chi connectivity index (χ3v) is 5.68. The minimum absolute atomic E-state index is 0.0850. The van der Waals surface area contributed by atoms with Crippen LogP contribution in [-0.2, 0) is 13.0 Å². The Morgan fingerprint density at radius 1 is 1.15 bits per heavy atom. The number of pyridine rings is 1. The number of benzene rings is 1. The molecule has 3 aromatic heterocycles. The molecule has 1 aromatic carbocycles. The van der Waals surface area contributed by atoms with Crippen molar-refractivity contribution in [1.29, 1.82) is 0 Å². The number of nitrogens with zero attached hydrogens (tertiary/aromatic N) is 3. The summed E-state index contributed by atoms with van der Waals surface area (Å²) in [6.45, 7) is 1.31. The zero-order chi connectivity index (χ0) is 17.5. The zero-order valence-corrected chi connectivity index (χ0v) is 14.8. The Hall–Kier alpha value is -2.99. The summed E-state index contributed by atoms with van der Waals surface area (Å²) < 4.78 is 1.20. The number of rotatable bonds is 4. The lowest BCUT2D eigenvalue weighted by Crippen LogP contribution is -2.26. The molecule has 0 spiro atoms. The van der Waals surface area contributed by atoms with Crippen molar-refractivity contribution in [1.82, 2.24) is 20.1 Å². The first-order chi connectivity index (χ1) is 12.8. The molecule has 1 aliphatic rings. The van der Waals surface area contributed by atoms with Gasteiger partial charge in [-0.15, -0.1) is 11.3 Å². The van der Waals surface area contributed by atoms with Gasteiger partial charge in [-0.3, -0.25) is 14.9 Å². The van der Waals surface area contributed by atoms with Gasteiger partial charge in [0.1, 0.15) is 0 Å². The minimum Gasteiger partial charge on any atom is -0.334 e. The number of fused-ring (bicyclic) bond motifs is 2. The second-order valence-electron chi connectivity index (χ2n) is 6.39. The maximum absolute atomic E-state index is 13.0. The van der Waals surface area contributed by atoms with Crippen LogP contribution < -0.4 is 0 Å². The van der Waals surface area contributed by atoms with E-state index in [1.165, 1.54) is 4.70 Å². The van der Waals surface area contributed by atoms with Crippen molar-refractivity contribution >= 4 is 27.5 Å². The van der Waals surface area contributed by atoms with Crippen molar-refractivity contribution < 1.29 is 4.79 Å². The monoisotopic (exact) mass is 360 g/mol. The standard InChI is InChI=1S/C20H16N4OS/c25-20-19-13(2-1-3-15(19)16-6-9-21-23-16)12-24(20)10-7-14-4-5-18-17(22-14)8-11-26-18/h1-6,8-9,11H,7,10,12H2,(H,21,23). The Morgan fingerprint density at radius 3 is 3.00 bits per heavy atom. The number of nitrogens with one attached hydrogen (secondary N) is 1. The molecular weight excluding hydrogens is 344 g/mol. The predicted octanol–water partition coefficient (Wildman–Crippen LogP) is 3.88. The van der Waals surface area contributed by atoms with E-state index < -0.39 is 0 Å². The lowest BCUT2D eigenvalue weighted by Gasteiger charge is -2.15. The molecule has 5 rings (SSSR count). The highest BCUT2D eigenvalue weighted by Gasteiger charge is 2.30. The Bertz CT molecular complexity index is 1100. The van der Waals surface area contributed by atoms with E-state index >= 15 is 0 Å². The summed E-state index contributed by atoms with van der Waals surface area (Å²) in [7, 11) is 0. The van der Waals surface area contributed by atoms with Gasteiger partial charge in [-0.1, -0.05) is 18.2 Å². The first-order valence-corrected chi connectivity index (χ1v) is 9.41. The summed E-state index contributed by atoms with van der Waals surface area (Å²) in [6, 6.07) is 14.1. The van der Waals surface area contributed by atoms with Crippen molar-refractivity contribution in [3.63, 3.8) is 0 Å². The lowest BCUT2D eigenvalue weighted by molar-refractivity contribution is 0.0780. The smallest absolute Gasteiger partial charge is 0.255 e. The number of carbonyl (C=O) groups is 1. The normalized spacial score (nSPS) is 13.5. The summed E-state index contributed by atoms with van der Waals surface area (Å²) in [5, 5.41) is 9.02. The molecule has 128 valence electrons. The van der Waals surface area contributed by atoms with Gasteiger partial charge in [0.25, 0.3) is 5.91 Å². The molecule has 0 unspecified atom stereocenters. The van der Waals surface area contributed by atoms with Crippen molar-refractivity contribution in [2.75, 3.05) is 6.54 Å². The largest absolute Gasteiger partial charge is 0.334 e. The van der Waals surface area contributed by atoms with Gasteiger partial charge in [0, 0.05) is 37.0 Å². The second-order valence-corrected chi connectivity index (χ2v) is 7.34. The molecule has 4 aromatic rings. The fourth-order valence-corrected chi connectivity index (χ4v) is 4.24. The highest BCUT2D eigenvalue weighted by atomic mass is 32.1. The SMILES string of the molecule is O=C1c2c(cccc2-c2ccn[nH]2)CN1CCc1ccc2sccc2n1. The predicted molar refractivity (Wildman–Crippen MR) is 102 cm³/mol. The van der Waals surface area contributed by atoms with Gasteiger partial charge in [0.15, 0.2) is 0 Å². The molecule has 0 bridgehead atoms. The Balaban J connectivity index is 1.38. The summed E-state index contributed by atoms with van der Waals surface area (Å²) in [6.07, 6.45) is 2.46. The van der Waals surface area contributed by atoms with Gasteiger partial charge in [0.05, 0.1) is 21.5 Å². The third-order valence-electron chi connectivity index (χ3n) is 4.81. The number of carbonyl (C=O) groups excluding carboxylic acids is 1. The Kier molecular flexibility index (Phi) is 3.57. The molecule has 6 heteroatoms. The topological polar surface area (TPSA) is 61.9 Å². The average Bonchev–Trinajstić information content (AvgIpc) is 3.40.